The summed E-state index contributed by atoms with van der Waals surface area (Å²) in [6, 6.07) is 5.55. The van der Waals surface area contributed by atoms with E-state index in [4.69, 9.17) is 5.73 Å². The first-order valence-corrected chi connectivity index (χ1v) is 7.14. The standard InChI is InChI=1S/C14H22N2OS/c1-10(2)7-8-18-13-6-5-11(9-12(13)15)14(17)16(3)4/h5-6,9-10H,7-8,15H2,1-4H3. The Kier molecular flexibility index (Phi) is 5.54. The van der Waals surface area contributed by atoms with Crippen molar-refractivity contribution in [3.05, 3.63) is 23.8 Å². The maximum Gasteiger partial charge on any atom is 0.253 e. The fourth-order valence-corrected chi connectivity index (χ4v) is 2.67. The molecule has 100 valence electrons. The number of anilines is 1. The van der Waals surface area contributed by atoms with Gasteiger partial charge >= 0.3 is 0 Å². The van der Waals surface area contributed by atoms with E-state index in [1.807, 2.05) is 12.1 Å². The van der Waals surface area contributed by atoms with E-state index >= 15 is 0 Å². The molecule has 0 aromatic heterocycles. The Bertz CT molecular complexity index is 416. The SMILES string of the molecule is CC(C)CCSc1ccc(C(=O)N(C)C)cc1N. The van der Waals surface area contributed by atoms with E-state index in [2.05, 4.69) is 13.8 Å². The summed E-state index contributed by atoms with van der Waals surface area (Å²) in [6.45, 7) is 4.42. The molecule has 0 radical (unpaired) electrons. The molecule has 0 spiro atoms. The number of nitrogens with two attached hydrogens (primary N) is 1. The van der Waals surface area contributed by atoms with Gasteiger partial charge in [-0.2, -0.15) is 0 Å². The Hall–Kier alpha value is -1.16. The third kappa shape index (κ3) is 4.26. The van der Waals surface area contributed by atoms with Crippen LogP contribution in [0.15, 0.2) is 23.1 Å². The van der Waals surface area contributed by atoms with E-state index in [-0.39, 0.29) is 5.91 Å². The van der Waals surface area contributed by atoms with Crippen molar-refractivity contribution in [3.63, 3.8) is 0 Å². The third-order valence-electron chi connectivity index (χ3n) is 2.62. The normalized spacial score (nSPS) is 10.7. The number of carbonyl (C=O) groups is 1. The molecule has 0 fully saturated rings. The predicted molar refractivity (Wildman–Crippen MR) is 79.1 cm³/mol. The highest BCUT2D eigenvalue weighted by molar-refractivity contribution is 7.99. The Morgan fingerprint density at radius 2 is 2.06 bits per heavy atom. The molecule has 2 N–H and O–H groups in total. The quantitative estimate of drug-likeness (QED) is 0.658. The van der Waals surface area contributed by atoms with Crippen LogP contribution in [0.5, 0.6) is 0 Å². The van der Waals surface area contributed by atoms with Crippen molar-refractivity contribution in [3.8, 4) is 0 Å². The summed E-state index contributed by atoms with van der Waals surface area (Å²) in [5, 5.41) is 0. The van der Waals surface area contributed by atoms with Crippen LogP contribution in [0.3, 0.4) is 0 Å². The number of hydrogen-bond donors (Lipinski definition) is 1. The number of rotatable bonds is 5. The van der Waals surface area contributed by atoms with Gasteiger partial charge < -0.3 is 10.6 Å². The van der Waals surface area contributed by atoms with Crippen molar-refractivity contribution in [2.75, 3.05) is 25.6 Å². The molecule has 0 aliphatic heterocycles. The number of benzene rings is 1. The fourth-order valence-electron chi connectivity index (χ4n) is 1.48. The van der Waals surface area contributed by atoms with Gasteiger partial charge in [-0.15, -0.1) is 11.8 Å². The maximum atomic E-state index is 11.8. The molecule has 1 rings (SSSR count). The lowest BCUT2D eigenvalue weighted by Gasteiger charge is -2.12. The van der Waals surface area contributed by atoms with Crippen LogP contribution in [-0.4, -0.2) is 30.7 Å². The molecule has 0 aliphatic rings. The van der Waals surface area contributed by atoms with Crippen LogP contribution in [0.25, 0.3) is 0 Å². The van der Waals surface area contributed by atoms with Gasteiger partial charge in [-0.3, -0.25) is 4.79 Å². The van der Waals surface area contributed by atoms with Crippen LogP contribution in [-0.2, 0) is 0 Å². The second-order valence-corrected chi connectivity index (χ2v) is 6.12. The van der Waals surface area contributed by atoms with Gasteiger partial charge in [0.25, 0.3) is 5.91 Å². The third-order valence-corrected chi connectivity index (χ3v) is 3.74. The Balaban J connectivity index is 2.71. The molecule has 1 aromatic rings. The Morgan fingerprint density at radius 1 is 1.39 bits per heavy atom. The largest absolute Gasteiger partial charge is 0.398 e. The summed E-state index contributed by atoms with van der Waals surface area (Å²) < 4.78 is 0. The average molecular weight is 266 g/mol. The van der Waals surface area contributed by atoms with Crippen LogP contribution < -0.4 is 5.73 Å². The highest BCUT2D eigenvalue weighted by Gasteiger charge is 2.10. The number of carbonyl (C=O) groups excluding carboxylic acids is 1. The first-order chi connectivity index (χ1) is 8.41. The van der Waals surface area contributed by atoms with Crippen molar-refractivity contribution in [1.82, 2.24) is 4.90 Å². The molecule has 0 aliphatic carbocycles. The summed E-state index contributed by atoms with van der Waals surface area (Å²) in [6.07, 6.45) is 1.17. The number of nitrogens with zero attached hydrogens (tertiary/aromatic N) is 1. The molecule has 0 saturated carbocycles. The summed E-state index contributed by atoms with van der Waals surface area (Å²) in [5.74, 6) is 1.75. The lowest BCUT2D eigenvalue weighted by molar-refractivity contribution is 0.0827. The summed E-state index contributed by atoms with van der Waals surface area (Å²) in [4.78, 5) is 14.4. The number of thioether (sulfide) groups is 1. The zero-order valence-electron chi connectivity index (χ0n) is 11.6. The van der Waals surface area contributed by atoms with Crippen molar-refractivity contribution in [2.24, 2.45) is 5.92 Å². The second kappa shape index (κ2) is 6.69. The predicted octanol–water partition coefficient (Wildman–Crippen LogP) is 3.11. The van der Waals surface area contributed by atoms with Crippen molar-refractivity contribution >= 4 is 23.4 Å². The fraction of sp³-hybridized carbons (Fsp3) is 0.500. The van der Waals surface area contributed by atoms with E-state index in [1.165, 1.54) is 6.42 Å². The van der Waals surface area contributed by atoms with Crippen LogP contribution in [0.2, 0.25) is 0 Å². The van der Waals surface area contributed by atoms with Gasteiger partial charge in [0.15, 0.2) is 0 Å². The molecular formula is C14H22N2OS. The molecule has 3 nitrogen and oxygen atoms in total. The molecule has 0 saturated heterocycles. The van der Waals surface area contributed by atoms with Crippen molar-refractivity contribution < 1.29 is 4.79 Å². The van der Waals surface area contributed by atoms with Crippen LogP contribution in [0.4, 0.5) is 5.69 Å². The Labute approximate surface area is 114 Å². The molecule has 0 heterocycles. The minimum absolute atomic E-state index is 0.0135. The van der Waals surface area contributed by atoms with Gasteiger partial charge in [-0.25, -0.2) is 0 Å². The summed E-state index contributed by atoms with van der Waals surface area (Å²) >= 11 is 1.75. The maximum absolute atomic E-state index is 11.8. The van der Waals surface area contributed by atoms with E-state index in [1.54, 1.807) is 36.8 Å². The van der Waals surface area contributed by atoms with Gasteiger partial charge in [0, 0.05) is 30.2 Å². The minimum atomic E-state index is -0.0135. The van der Waals surface area contributed by atoms with E-state index in [0.29, 0.717) is 17.2 Å². The summed E-state index contributed by atoms with van der Waals surface area (Å²) in [7, 11) is 3.48. The smallest absolute Gasteiger partial charge is 0.253 e. The second-order valence-electron chi connectivity index (χ2n) is 4.98. The number of nitrogen functional groups attached to an aromatic ring is 1. The first kappa shape index (κ1) is 14.9. The average Bonchev–Trinajstić information content (AvgIpc) is 2.29. The monoisotopic (exact) mass is 266 g/mol. The highest BCUT2D eigenvalue weighted by Crippen LogP contribution is 2.27. The van der Waals surface area contributed by atoms with E-state index in [0.717, 1.165) is 10.6 Å². The molecular weight excluding hydrogens is 244 g/mol. The topological polar surface area (TPSA) is 46.3 Å². The molecule has 1 aromatic carbocycles. The number of amides is 1. The lowest BCUT2D eigenvalue weighted by atomic mass is 10.2. The van der Waals surface area contributed by atoms with Crippen LogP contribution in [0.1, 0.15) is 30.6 Å². The van der Waals surface area contributed by atoms with Gasteiger partial charge in [-0.1, -0.05) is 13.8 Å². The van der Waals surface area contributed by atoms with Crippen LogP contribution >= 0.6 is 11.8 Å². The first-order valence-electron chi connectivity index (χ1n) is 6.15. The van der Waals surface area contributed by atoms with Crippen molar-refractivity contribution in [2.45, 2.75) is 25.2 Å². The van der Waals surface area contributed by atoms with Crippen molar-refractivity contribution in [1.29, 1.82) is 0 Å². The van der Waals surface area contributed by atoms with Gasteiger partial charge in [0.1, 0.15) is 0 Å². The van der Waals surface area contributed by atoms with Gasteiger partial charge in [0.2, 0.25) is 0 Å². The van der Waals surface area contributed by atoms with Gasteiger partial charge in [0.05, 0.1) is 0 Å². The van der Waals surface area contributed by atoms with Crippen LogP contribution in [0, 0.1) is 5.92 Å². The number of hydrogen-bond acceptors (Lipinski definition) is 3. The molecule has 0 bridgehead atoms. The molecule has 4 heteroatoms. The van der Waals surface area contributed by atoms with Gasteiger partial charge in [-0.05, 0) is 36.3 Å². The molecule has 0 unspecified atom stereocenters. The summed E-state index contributed by atoms with van der Waals surface area (Å²) in [5.41, 5.74) is 7.32. The minimum Gasteiger partial charge on any atom is -0.398 e. The van der Waals surface area contributed by atoms with E-state index in [9.17, 15) is 4.79 Å². The Morgan fingerprint density at radius 3 is 2.56 bits per heavy atom. The zero-order valence-corrected chi connectivity index (χ0v) is 12.4. The van der Waals surface area contributed by atoms with E-state index < -0.39 is 0 Å². The zero-order chi connectivity index (χ0) is 13.7. The molecule has 1 amide bonds. The molecule has 18 heavy (non-hydrogen) atoms. The highest BCUT2D eigenvalue weighted by atomic mass is 32.2. The lowest BCUT2D eigenvalue weighted by Crippen LogP contribution is -2.21. The molecule has 0 atom stereocenters.